The van der Waals surface area contributed by atoms with Crippen molar-refractivity contribution in [2.24, 2.45) is 11.3 Å². The average Bonchev–Trinajstić information content (AvgIpc) is 3.41. The number of fused-ring (bicyclic) bond motifs is 1. The number of nitrogens with one attached hydrogen (secondary N) is 3. The number of carbonyl (C=O) groups is 2. The fraction of sp³-hybridized carbons (Fsp3) is 0.407. The van der Waals surface area contributed by atoms with Crippen LogP contribution >= 0.6 is 11.3 Å². The van der Waals surface area contributed by atoms with Gasteiger partial charge in [-0.3, -0.25) is 9.59 Å². The zero-order valence-electron chi connectivity index (χ0n) is 20.3. The van der Waals surface area contributed by atoms with Crippen molar-refractivity contribution in [1.29, 1.82) is 0 Å². The third-order valence-corrected chi connectivity index (χ3v) is 7.70. The number of hydrogen-bond acceptors (Lipinski definition) is 5. The Bertz CT molecular complexity index is 1160. The van der Waals surface area contributed by atoms with E-state index in [0.29, 0.717) is 23.0 Å². The standard InChI is InChI=1S/C27H33N3O3S/c1-17-8-5-6-10-21(17)29-25(32)24-20-12-11-18(27(2,3)4)14-22(20)34-26(24)30-23(31)16-28-15-19-9-7-13-33-19/h5-10,13,18,28H,11-12,14-16H2,1-4H3,(H,29,32)(H,30,31)/t18-/m1/s1. The number of benzene rings is 1. The first-order valence-electron chi connectivity index (χ1n) is 11.8. The number of anilines is 2. The molecule has 3 aromatic rings. The van der Waals surface area contributed by atoms with Crippen LogP contribution in [0.2, 0.25) is 0 Å². The molecule has 0 fully saturated rings. The summed E-state index contributed by atoms with van der Waals surface area (Å²) in [7, 11) is 0. The highest BCUT2D eigenvalue weighted by Gasteiger charge is 2.34. The van der Waals surface area contributed by atoms with Gasteiger partial charge in [-0.25, -0.2) is 0 Å². The van der Waals surface area contributed by atoms with Crippen LogP contribution in [0.1, 0.15) is 59.3 Å². The molecule has 2 aromatic heterocycles. The first-order valence-corrected chi connectivity index (χ1v) is 12.6. The van der Waals surface area contributed by atoms with E-state index in [1.807, 2.05) is 43.3 Å². The molecule has 1 atom stereocenters. The second-order valence-corrected chi connectivity index (χ2v) is 11.1. The molecule has 0 unspecified atom stereocenters. The second-order valence-electron chi connectivity index (χ2n) is 10.0. The van der Waals surface area contributed by atoms with E-state index in [1.165, 1.54) is 4.88 Å². The summed E-state index contributed by atoms with van der Waals surface area (Å²) < 4.78 is 5.30. The number of aryl methyl sites for hydroxylation is 1. The highest BCUT2D eigenvalue weighted by Crippen LogP contribution is 2.44. The van der Waals surface area contributed by atoms with Crippen molar-refractivity contribution >= 4 is 33.8 Å². The number of furan rings is 1. The number of carbonyl (C=O) groups excluding carboxylic acids is 2. The third kappa shape index (κ3) is 5.59. The Morgan fingerprint density at radius 3 is 2.62 bits per heavy atom. The fourth-order valence-electron chi connectivity index (χ4n) is 4.43. The Morgan fingerprint density at radius 1 is 1.12 bits per heavy atom. The Balaban J connectivity index is 1.55. The van der Waals surface area contributed by atoms with Crippen LogP contribution in [0.15, 0.2) is 47.1 Å². The Labute approximate surface area is 205 Å². The lowest BCUT2D eigenvalue weighted by Crippen LogP contribution is -2.28. The van der Waals surface area contributed by atoms with Gasteiger partial charge in [0.05, 0.1) is 24.9 Å². The zero-order valence-corrected chi connectivity index (χ0v) is 21.1. The van der Waals surface area contributed by atoms with Crippen molar-refractivity contribution in [2.75, 3.05) is 17.2 Å². The summed E-state index contributed by atoms with van der Waals surface area (Å²) in [5.41, 5.74) is 3.67. The van der Waals surface area contributed by atoms with E-state index in [1.54, 1.807) is 17.6 Å². The summed E-state index contributed by atoms with van der Waals surface area (Å²) in [6, 6.07) is 11.4. The molecule has 0 bridgehead atoms. The molecule has 1 aliphatic rings. The van der Waals surface area contributed by atoms with Crippen molar-refractivity contribution in [3.05, 3.63) is 70.0 Å². The molecule has 0 radical (unpaired) electrons. The lowest BCUT2D eigenvalue weighted by atomic mass is 9.72. The van der Waals surface area contributed by atoms with Crippen LogP contribution in [0.25, 0.3) is 0 Å². The van der Waals surface area contributed by atoms with Crippen molar-refractivity contribution in [2.45, 2.75) is 53.5 Å². The maximum Gasteiger partial charge on any atom is 0.258 e. The molecule has 34 heavy (non-hydrogen) atoms. The predicted molar refractivity (Wildman–Crippen MR) is 137 cm³/mol. The van der Waals surface area contributed by atoms with E-state index in [-0.39, 0.29) is 23.8 Å². The molecule has 0 saturated carbocycles. The minimum Gasteiger partial charge on any atom is -0.468 e. The van der Waals surface area contributed by atoms with Crippen molar-refractivity contribution in [3.63, 3.8) is 0 Å². The lowest BCUT2D eigenvalue weighted by Gasteiger charge is -2.33. The number of hydrogen-bond donors (Lipinski definition) is 3. The Kier molecular flexibility index (Phi) is 7.24. The van der Waals surface area contributed by atoms with Gasteiger partial charge in [-0.1, -0.05) is 39.0 Å². The summed E-state index contributed by atoms with van der Waals surface area (Å²) in [6.45, 7) is 9.39. The highest BCUT2D eigenvalue weighted by molar-refractivity contribution is 7.17. The minimum atomic E-state index is -0.178. The van der Waals surface area contributed by atoms with Crippen LogP contribution in [-0.2, 0) is 24.2 Å². The molecule has 2 heterocycles. The first-order chi connectivity index (χ1) is 16.2. The summed E-state index contributed by atoms with van der Waals surface area (Å²) in [5.74, 6) is 0.970. The monoisotopic (exact) mass is 479 g/mol. The van der Waals surface area contributed by atoms with Gasteiger partial charge in [-0.05, 0) is 66.8 Å². The van der Waals surface area contributed by atoms with Gasteiger partial charge in [0.25, 0.3) is 5.91 Å². The van der Waals surface area contributed by atoms with Crippen LogP contribution in [0.4, 0.5) is 10.7 Å². The molecule has 0 spiro atoms. The van der Waals surface area contributed by atoms with E-state index >= 15 is 0 Å². The molecule has 3 N–H and O–H groups in total. The van der Waals surface area contributed by atoms with Gasteiger partial charge < -0.3 is 20.4 Å². The van der Waals surface area contributed by atoms with Gasteiger partial charge in [0, 0.05) is 10.6 Å². The number of para-hydroxylation sites is 1. The Hall–Kier alpha value is -2.90. The van der Waals surface area contributed by atoms with Crippen LogP contribution in [0.5, 0.6) is 0 Å². The predicted octanol–water partition coefficient (Wildman–Crippen LogP) is 5.78. The topological polar surface area (TPSA) is 83.4 Å². The quantitative estimate of drug-likeness (QED) is 0.401. The molecule has 4 rings (SSSR count). The summed E-state index contributed by atoms with van der Waals surface area (Å²) in [5, 5.41) is 9.80. The zero-order chi connectivity index (χ0) is 24.3. The van der Waals surface area contributed by atoms with Gasteiger partial charge in [-0.2, -0.15) is 0 Å². The molecule has 2 amide bonds. The van der Waals surface area contributed by atoms with Crippen LogP contribution in [0.3, 0.4) is 0 Å². The average molecular weight is 480 g/mol. The van der Waals surface area contributed by atoms with E-state index < -0.39 is 0 Å². The van der Waals surface area contributed by atoms with Gasteiger partial charge in [0.2, 0.25) is 5.91 Å². The number of amides is 2. The van der Waals surface area contributed by atoms with E-state index in [4.69, 9.17) is 4.42 Å². The summed E-state index contributed by atoms with van der Waals surface area (Å²) >= 11 is 1.55. The van der Waals surface area contributed by atoms with Gasteiger partial charge in [-0.15, -0.1) is 11.3 Å². The van der Waals surface area contributed by atoms with E-state index in [9.17, 15) is 9.59 Å². The summed E-state index contributed by atoms with van der Waals surface area (Å²) in [4.78, 5) is 27.4. The molecule has 0 aliphatic heterocycles. The maximum atomic E-state index is 13.5. The van der Waals surface area contributed by atoms with Crippen LogP contribution < -0.4 is 16.0 Å². The molecule has 180 valence electrons. The molecule has 1 aliphatic carbocycles. The molecule has 7 heteroatoms. The largest absolute Gasteiger partial charge is 0.468 e. The SMILES string of the molecule is Cc1ccccc1NC(=O)c1c(NC(=O)CNCc2ccco2)sc2c1CC[C@@H](C(C)(C)C)C2. The van der Waals surface area contributed by atoms with E-state index in [2.05, 4.69) is 36.7 Å². The molecule has 1 aromatic carbocycles. The van der Waals surface area contributed by atoms with Gasteiger partial charge in [0.1, 0.15) is 10.8 Å². The summed E-state index contributed by atoms with van der Waals surface area (Å²) in [6.07, 6.45) is 4.42. The highest BCUT2D eigenvalue weighted by atomic mass is 32.1. The number of thiophene rings is 1. The first kappa shape index (κ1) is 24.2. The normalized spacial score (nSPS) is 15.6. The molecular formula is C27H33N3O3S. The van der Waals surface area contributed by atoms with E-state index in [0.717, 1.165) is 41.8 Å². The third-order valence-electron chi connectivity index (χ3n) is 6.53. The maximum absolute atomic E-state index is 13.5. The number of rotatable bonds is 7. The van der Waals surface area contributed by atoms with Crippen molar-refractivity contribution in [1.82, 2.24) is 5.32 Å². The molecular weight excluding hydrogens is 446 g/mol. The molecule has 6 nitrogen and oxygen atoms in total. The minimum absolute atomic E-state index is 0.132. The van der Waals surface area contributed by atoms with Crippen LogP contribution in [-0.4, -0.2) is 18.4 Å². The Morgan fingerprint density at radius 2 is 1.91 bits per heavy atom. The lowest BCUT2D eigenvalue weighted by molar-refractivity contribution is -0.115. The van der Waals surface area contributed by atoms with Crippen molar-refractivity contribution in [3.8, 4) is 0 Å². The fourth-order valence-corrected chi connectivity index (χ4v) is 5.78. The molecule has 0 saturated heterocycles. The second kappa shape index (κ2) is 10.2. The van der Waals surface area contributed by atoms with Gasteiger partial charge in [0.15, 0.2) is 0 Å². The van der Waals surface area contributed by atoms with Crippen LogP contribution in [0, 0.1) is 18.3 Å². The smallest absolute Gasteiger partial charge is 0.258 e. The van der Waals surface area contributed by atoms with Crippen molar-refractivity contribution < 1.29 is 14.0 Å². The van der Waals surface area contributed by atoms with Gasteiger partial charge >= 0.3 is 0 Å².